The number of aromatic nitrogens is 2. The number of methoxy groups -OCH3 is 4. The molecule has 0 spiro atoms. The van der Waals surface area contributed by atoms with Gasteiger partial charge in [0.2, 0.25) is 5.75 Å². The predicted molar refractivity (Wildman–Crippen MR) is 102 cm³/mol. The fraction of sp³-hybridized carbons (Fsp3) is 0.250. The van der Waals surface area contributed by atoms with E-state index in [2.05, 4.69) is 11.1 Å². The molecule has 0 amide bonds. The molecule has 0 aliphatic heterocycles. The van der Waals surface area contributed by atoms with Crippen LogP contribution >= 0.6 is 0 Å². The number of benzene rings is 2. The summed E-state index contributed by atoms with van der Waals surface area (Å²) in [6.45, 7) is 4.48. The third-order valence-electron chi connectivity index (χ3n) is 4.19. The molecule has 6 nitrogen and oxygen atoms in total. The third-order valence-corrected chi connectivity index (χ3v) is 4.19. The van der Waals surface area contributed by atoms with Crippen LogP contribution in [0.4, 0.5) is 0 Å². The van der Waals surface area contributed by atoms with Gasteiger partial charge in [-0.05, 0) is 24.3 Å². The summed E-state index contributed by atoms with van der Waals surface area (Å²) in [7, 11) is 6.42. The zero-order valence-electron chi connectivity index (χ0n) is 15.4. The molecule has 0 saturated heterocycles. The van der Waals surface area contributed by atoms with Crippen molar-refractivity contribution in [3.63, 3.8) is 0 Å². The van der Waals surface area contributed by atoms with Crippen LogP contribution in [-0.4, -0.2) is 38.0 Å². The van der Waals surface area contributed by atoms with Crippen molar-refractivity contribution in [1.29, 1.82) is 0 Å². The fourth-order valence-corrected chi connectivity index (χ4v) is 2.98. The van der Waals surface area contributed by atoms with E-state index in [9.17, 15) is 0 Å². The smallest absolute Gasteiger partial charge is 0.203 e. The lowest BCUT2D eigenvalue weighted by Gasteiger charge is -2.14. The van der Waals surface area contributed by atoms with Gasteiger partial charge < -0.3 is 23.5 Å². The van der Waals surface area contributed by atoms with E-state index in [1.165, 1.54) is 0 Å². The average molecular weight is 354 g/mol. The highest BCUT2D eigenvalue weighted by Crippen LogP contribution is 2.41. The van der Waals surface area contributed by atoms with Crippen LogP contribution in [0.1, 0.15) is 0 Å². The van der Waals surface area contributed by atoms with Crippen molar-refractivity contribution in [3.05, 3.63) is 43.0 Å². The zero-order chi connectivity index (χ0) is 18.7. The van der Waals surface area contributed by atoms with Gasteiger partial charge in [0.05, 0.1) is 39.5 Å². The summed E-state index contributed by atoms with van der Waals surface area (Å²) < 4.78 is 23.7. The number of allylic oxidation sites excluding steroid dienone is 1. The number of hydrogen-bond acceptors (Lipinski definition) is 5. The van der Waals surface area contributed by atoms with Crippen molar-refractivity contribution < 1.29 is 18.9 Å². The number of ether oxygens (including phenoxy) is 4. The molecule has 0 saturated carbocycles. The molecular formula is C20H22N2O4. The van der Waals surface area contributed by atoms with Gasteiger partial charge in [-0.3, -0.25) is 0 Å². The first kappa shape index (κ1) is 17.7. The number of hydrogen-bond donors (Lipinski definition) is 0. The van der Waals surface area contributed by atoms with Crippen molar-refractivity contribution in [3.8, 4) is 34.4 Å². The molecular weight excluding hydrogens is 332 g/mol. The molecule has 1 heterocycles. The van der Waals surface area contributed by atoms with Crippen LogP contribution in [0.5, 0.6) is 23.0 Å². The van der Waals surface area contributed by atoms with Gasteiger partial charge in [0.1, 0.15) is 11.6 Å². The van der Waals surface area contributed by atoms with E-state index in [-0.39, 0.29) is 0 Å². The van der Waals surface area contributed by atoms with Gasteiger partial charge in [0.15, 0.2) is 11.5 Å². The number of fused-ring (bicyclic) bond motifs is 1. The first-order chi connectivity index (χ1) is 12.7. The summed E-state index contributed by atoms with van der Waals surface area (Å²) in [6.07, 6.45) is 1.84. The van der Waals surface area contributed by atoms with E-state index >= 15 is 0 Å². The lowest BCUT2D eigenvalue weighted by Crippen LogP contribution is -2.00. The Morgan fingerprint density at radius 1 is 0.962 bits per heavy atom. The molecule has 3 rings (SSSR count). The highest BCUT2D eigenvalue weighted by atomic mass is 16.5. The lowest BCUT2D eigenvalue weighted by atomic mass is 10.1. The van der Waals surface area contributed by atoms with Gasteiger partial charge >= 0.3 is 0 Å². The van der Waals surface area contributed by atoms with Crippen molar-refractivity contribution >= 4 is 11.0 Å². The van der Waals surface area contributed by atoms with Crippen molar-refractivity contribution in [2.75, 3.05) is 28.4 Å². The van der Waals surface area contributed by atoms with E-state index in [0.29, 0.717) is 23.8 Å². The zero-order valence-corrected chi connectivity index (χ0v) is 15.4. The molecule has 0 aliphatic carbocycles. The van der Waals surface area contributed by atoms with Crippen LogP contribution in [-0.2, 0) is 6.54 Å². The van der Waals surface area contributed by atoms with E-state index < -0.39 is 0 Å². The van der Waals surface area contributed by atoms with Crippen molar-refractivity contribution in [2.24, 2.45) is 0 Å². The number of rotatable bonds is 7. The lowest BCUT2D eigenvalue weighted by molar-refractivity contribution is 0.324. The molecule has 0 radical (unpaired) electrons. The Hall–Kier alpha value is -3.15. The summed E-state index contributed by atoms with van der Waals surface area (Å²) in [6, 6.07) is 9.60. The molecule has 26 heavy (non-hydrogen) atoms. The van der Waals surface area contributed by atoms with Crippen LogP contribution in [0.25, 0.3) is 22.4 Å². The molecule has 2 aromatic carbocycles. The second-order valence-corrected chi connectivity index (χ2v) is 5.60. The Labute approximate surface area is 152 Å². The maximum Gasteiger partial charge on any atom is 0.203 e. The number of nitrogens with zero attached hydrogens (tertiary/aromatic N) is 2. The summed E-state index contributed by atoms with van der Waals surface area (Å²) in [5.74, 6) is 3.25. The molecule has 136 valence electrons. The second kappa shape index (κ2) is 7.39. The van der Waals surface area contributed by atoms with Gasteiger partial charge in [0, 0.05) is 18.2 Å². The fourth-order valence-electron chi connectivity index (χ4n) is 2.98. The van der Waals surface area contributed by atoms with Crippen LogP contribution in [0.2, 0.25) is 0 Å². The first-order valence-electron chi connectivity index (χ1n) is 8.12. The first-order valence-corrected chi connectivity index (χ1v) is 8.12. The van der Waals surface area contributed by atoms with Gasteiger partial charge in [-0.2, -0.15) is 0 Å². The molecule has 0 unspecified atom stereocenters. The molecule has 0 aliphatic rings. The van der Waals surface area contributed by atoms with Crippen molar-refractivity contribution in [1.82, 2.24) is 9.55 Å². The van der Waals surface area contributed by atoms with E-state index in [1.54, 1.807) is 28.4 Å². The monoisotopic (exact) mass is 354 g/mol. The normalized spacial score (nSPS) is 10.6. The molecule has 3 aromatic rings. The molecule has 0 atom stereocenters. The molecule has 6 heteroatoms. The van der Waals surface area contributed by atoms with Gasteiger partial charge in [-0.15, -0.1) is 6.58 Å². The second-order valence-electron chi connectivity index (χ2n) is 5.60. The average Bonchev–Trinajstić information content (AvgIpc) is 3.04. The molecule has 1 aromatic heterocycles. The Balaban J connectivity index is 2.26. The van der Waals surface area contributed by atoms with Crippen molar-refractivity contribution in [2.45, 2.75) is 6.54 Å². The van der Waals surface area contributed by atoms with Gasteiger partial charge in [-0.1, -0.05) is 6.08 Å². The SMILES string of the molecule is C=CCn1c(-c2cc(OC)c(OC)c(OC)c2)nc2cc(OC)ccc21. The van der Waals surface area contributed by atoms with E-state index in [4.69, 9.17) is 23.9 Å². The quantitative estimate of drug-likeness (QED) is 0.602. The molecule has 0 fully saturated rings. The largest absolute Gasteiger partial charge is 0.497 e. The minimum atomic E-state index is 0.548. The summed E-state index contributed by atoms with van der Waals surface area (Å²) >= 11 is 0. The number of imidazole rings is 1. The topological polar surface area (TPSA) is 54.7 Å². The minimum absolute atomic E-state index is 0.548. The Kier molecular flexibility index (Phi) is 5.02. The highest BCUT2D eigenvalue weighted by molar-refractivity contribution is 5.83. The maximum atomic E-state index is 5.47. The van der Waals surface area contributed by atoms with Crippen LogP contribution in [0.3, 0.4) is 0 Å². The van der Waals surface area contributed by atoms with E-state index in [0.717, 1.165) is 28.2 Å². The highest BCUT2D eigenvalue weighted by Gasteiger charge is 2.18. The van der Waals surface area contributed by atoms with Crippen LogP contribution in [0, 0.1) is 0 Å². The van der Waals surface area contributed by atoms with Gasteiger partial charge in [-0.25, -0.2) is 4.98 Å². The maximum absolute atomic E-state index is 5.47. The molecule has 0 bridgehead atoms. The van der Waals surface area contributed by atoms with E-state index in [1.807, 2.05) is 36.4 Å². The third kappa shape index (κ3) is 2.94. The predicted octanol–water partition coefficient (Wildman–Crippen LogP) is 3.92. The Morgan fingerprint density at radius 2 is 1.65 bits per heavy atom. The van der Waals surface area contributed by atoms with Crippen LogP contribution in [0.15, 0.2) is 43.0 Å². The van der Waals surface area contributed by atoms with Gasteiger partial charge in [0.25, 0.3) is 0 Å². The van der Waals surface area contributed by atoms with Crippen LogP contribution < -0.4 is 18.9 Å². The summed E-state index contributed by atoms with van der Waals surface area (Å²) in [5, 5.41) is 0. The summed E-state index contributed by atoms with van der Waals surface area (Å²) in [5.41, 5.74) is 2.70. The summed E-state index contributed by atoms with van der Waals surface area (Å²) in [4.78, 5) is 4.80. The minimum Gasteiger partial charge on any atom is -0.497 e. The standard InChI is InChI=1S/C20H22N2O4/c1-6-9-22-16-8-7-14(23-2)12-15(16)21-20(22)13-10-17(24-3)19(26-5)18(11-13)25-4/h6-8,10-12H,1,9H2,2-5H3. The molecule has 0 N–H and O–H groups in total. The Bertz CT molecular complexity index is 921. The Morgan fingerprint density at radius 3 is 2.19 bits per heavy atom.